The molecule has 1 heterocycles. The van der Waals surface area contributed by atoms with Crippen molar-refractivity contribution < 1.29 is 23.8 Å². The first-order valence-corrected chi connectivity index (χ1v) is 8.11. The van der Waals surface area contributed by atoms with Gasteiger partial charge in [-0.1, -0.05) is 6.92 Å². The van der Waals surface area contributed by atoms with E-state index in [0.29, 0.717) is 0 Å². The van der Waals surface area contributed by atoms with Gasteiger partial charge in [-0.25, -0.2) is 4.79 Å². The van der Waals surface area contributed by atoms with Gasteiger partial charge in [-0.15, -0.1) is 0 Å². The number of methoxy groups -OCH3 is 1. The Hall–Kier alpha value is -2.54. The third kappa shape index (κ3) is 4.73. The maximum atomic E-state index is 12.3. The largest absolute Gasteiger partial charge is 0.497 e. The quantitative estimate of drug-likeness (QED) is 0.566. The Balaban J connectivity index is 2.26. The zero-order chi connectivity index (χ0) is 18.4. The molecular formula is C18H24N2O5. The number of aromatic nitrogens is 1. The fourth-order valence-corrected chi connectivity index (χ4v) is 2.42. The lowest BCUT2D eigenvalue weighted by Crippen LogP contribution is -2.17. The number of ether oxygens (including phenoxy) is 3. The van der Waals surface area contributed by atoms with Crippen LogP contribution in [0.5, 0.6) is 5.75 Å². The van der Waals surface area contributed by atoms with E-state index in [-0.39, 0.29) is 6.42 Å². The molecule has 0 saturated heterocycles. The number of esters is 1. The first-order valence-electron chi connectivity index (χ1n) is 8.11. The van der Waals surface area contributed by atoms with E-state index in [9.17, 15) is 9.59 Å². The van der Waals surface area contributed by atoms with Crippen molar-refractivity contribution in [1.29, 1.82) is 0 Å². The maximum absolute atomic E-state index is 12.3. The summed E-state index contributed by atoms with van der Waals surface area (Å²) >= 11 is 0. The number of benzene rings is 1. The highest BCUT2D eigenvalue weighted by atomic mass is 16.7. The van der Waals surface area contributed by atoms with Crippen molar-refractivity contribution >= 4 is 23.0 Å². The predicted molar refractivity (Wildman–Crippen MR) is 93.9 cm³/mol. The van der Waals surface area contributed by atoms with Crippen LogP contribution in [0.3, 0.4) is 0 Å². The molecule has 0 amide bonds. The minimum absolute atomic E-state index is 0.235. The van der Waals surface area contributed by atoms with Crippen molar-refractivity contribution in [1.82, 2.24) is 9.47 Å². The van der Waals surface area contributed by atoms with Crippen LogP contribution < -0.4 is 4.74 Å². The maximum Gasteiger partial charge on any atom is 0.421 e. The highest BCUT2D eigenvalue weighted by molar-refractivity contribution is 5.92. The minimum Gasteiger partial charge on any atom is -0.497 e. The van der Waals surface area contributed by atoms with Gasteiger partial charge in [-0.3, -0.25) is 9.36 Å². The van der Waals surface area contributed by atoms with Crippen LogP contribution in [0.15, 0.2) is 24.4 Å². The molecule has 7 nitrogen and oxygen atoms in total. The van der Waals surface area contributed by atoms with Crippen molar-refractivity contribution in [2.75, 3.05) is 34.5 Å². The molecule has 0 atom stereocenters. The Labute approximate surface area is 147 Å². The highest BCUT2D eigenvalue weighted by Crippen LogP contribution is 2.26. The molecule has 25 heavy (non-hydrogen) atoms. The van der Waals surface area contributed by atoms with Gasteiger partial charge in [0.2, 0.25) is 6.79 Å². The lowest BCUT2D eigenvalue weighted by molar-refractivity contribution is -0.151. The lowest BCUT2D eigenvalue weighted by Gasteiger charge is -2.08. The van der Waals surface area contributed by atoms with Gasteiger partial charge in [0.25, 0.3) is 0 Å². The molecule has 0 unspecified atom stereocenters. The van der Waals surface area contributed by atoms with E-state index in [0.717, 1.165) is 35.2 Å². The SMILES string of the molecule is CCC(=O)OCOC(=O)n1cc(CCN(C)C)c2cc(OC)ccc21. The van der Waals surface area contributed by atoms with Gasteiger partial charge in [-0.2, -0.15) is 0 Å². The molecule has 0 aliphatic rings. The smallest absolute Gasteiger partial charge is 0.421 e. The zero-order valence-electron chi connectivity index (χ0n) is 15.1. The summed E-state index contributed by atoms with van der Waals surface area (Å²) in [6.45, 7) is 2.13. The Morgan fingerprint density at radius 1 is 1.20 bits per heavy atom. The first kappa shape index (κ1) is 18.8. The Morgan fingerprint density at radius 3 is 2.60 bits per heavy atom. The van der Waals surface area contributed by atoms with Gasteiger partial charge in [0, 0.05) is 24.5 Å². The molecule has 136 valence electrons. The molecule has 0 aliphatic heterocycles. The van der Waals surface area contributed by atoms with Crippen molar-refractivity contribution in [3.63, 3.8) is 0 Å². The van der Waals surface area contributed by atoms with Crippen LogP contribution in [0.25, 0.3) is 10.9 Å². The van der Waals surface area contributed by atoms with Gasteiger partial charge in [0.05, 0.1) is 12.6 Å². The minimum atomic E-state index is -0.588. The normalized spacial score (nSPS) is 10.9. The first-order chi connectivity index (χ1) is 12.0. The lowest BCUT2D eigenvalue weighted by atomic mass is 10.1. The molecule has 0 bridgehead atoms. The molecule has 0 spiro atoms. The summed E-state index contributed by atoms with van der Waals surface area (Å²) in [6.07, 6.45) is 2.19. The summed E-state index contributed by atoms with van der Waals surface area (Å²) in [5.41, 5.74) is 1.74. The Morgan fingerprint density at radius 2 is 1.96 bits per heavy atom. The van der Waals surface area contributed by atoms with E-state index >= 15 is 0 Å². The molecule has 0 saturated carbocycles. The molecular weight excluding hydrogens is 324 g/mol. The van der Waals surface area contributed by atoms with Crippen LogP contribution in [0, 0.1) is 0 Å². The molecule has 0 N–H and O–H groups in total. The third-order valence-corrected chi connectivity index (χ3v) is 3.81. The summed E-state index contributed by atoms with van der Waals surface area (Å²) in [4.78, 5) is 25.5. The number of rotatable bonds is 7. The molecule has 0 fully saturated rings. The van der Waals surface area contributed by atoms with Crippen LogP contribution in [-0.2, 0) is 20.7 Å². The number of fused-ring (bicyclic) bond motifs is 1. The van der Waals surface area contributed by atoms with Gasteiger partial charge in [0.15, 0.2) is 0 Å². The van der Waals surface area contributed by atoms with Crippen LogP contribution >= 0.6 is 0 Å². The summed E-state index contributed by atoms with van der Waals surface area (Å²) in [7, 11) is 5.60. The topological polar surface area (TPSA) is 70.0 Å². The predicted octanol–water partition coefficient (Wildman–Crippen LogP) is 2.65. The number of nitrogens with zero attached hydrogens (tertiary/aromatic N) is 2. The second-order valence-electron chi connectivity index (χ2n) is 5.86. The van der Waals surface area contributed by atoms with Crippen molar-refractivity contribution in [3.8, 4) is 5.75 Å². The van der Waals surface area contributed by atoms with Crippen molar-refractivity contribution in [2.24, 2.45) is 0 Å². The summed E-state index contributed by atoms with van der Waals surface area (Å²) in [5, 5.41) is 0.934. The fourth-order valence-electron chi connectivity index (χ4n) is 2.42. The van der Waals surface area contributed by atoms with Crippen LogP contribution in [-0.4, -0.2) is 56.1 Å². The van der Waals surface area contributed by atoms with Gasteiger partial charge < -0.3 is 19.1 Å². The molecule has 0 aliphatic carbocycles. The molecule has 1 aromatic heterocycles. The second-order valence-corrected chi connectivity index (χ2v) is 5.86. The van der Waals surface area contributed by atoms with Crippen LogP contribution in [0.4, 0.5) is 4.79 Å². The number of carbonyl (C=O) groups excluding carboxylic acids is 2. The Bertz CT molecular complexity index is 751. The van der Waals surface area contributed by atoms with Crippen LogP contribution in [0.2, 0.25) is 0 Å². The molecule has 0 radical (unpaired) electrons. The highest BCUT2D eigenvalue weighted by Gasteiger charge is 2.16. The zero-order valence-corrected chi connectivity index (χ0v) is 15.1. The fraction of sp³-hybridized carbons (Fsp3) is 0.444. The summed E-state index contributed by atoms with van der Waals surface area (Å²) < 4.78 is 16.6. The van der Waals surface area contributed by atoms with Crippen molar-refractivity contribution in [3.05, 3.63) is 30.0 Å². The standard InChI is InChI=1S/C18H24N2O5/c1-5-17(21)24-12-25-18(22)20-11-13(8-9-19(2)3)15-10-14(23-4)6-7-16(15)20/h6-7,10-11H,5,8-9,12H2,1-4H3. The van der Waals surface area contributed by atoms with Crippen LogP contribution in [0.1, 0.15) is 18.9 Å². The van der Waals surface area contributed by atoms with E-state index < -0.39 is 18.9 Å². The molecule has 2 aromatic rings. The average Bonchev–Trinajstić information content (AvgIpc) is 2.97. The van der Waals surface area contributed by atoms with Gasteiger partial charge in [-0.05, 0) is 44.3 Å². The van der Waals surface area contributed by atoms with Gasteiger partial charge in [0.1, 0.15) is 5.75 Å². The number of likely N-dealkylation sites (N-methyl/N-ethyl adjacent to an activating group) is 1. The number of hydrogen-bond acceptors (Lipinski definition) is 6. The second kappa shape index (κ2) is 8.53. The number of carbonyl (C=O) groups is 2. The van der Waals surface area contributed by atoms with Gasteiger partial charge >= 0.3 is 12.1 Å². The number of hydrogen-bond donors (Lipinski definition) is 0. The molecule has 1 aromatic carbocycles. The summed E-state index contributed by atoms with van der Waals surface area (Å²) in [6, 6.07) is 5.51. The van der Waals surface area contributed by atoms with E-state index in [1.165, 1.54) is 4.57 Å². The Kier molecular flexibility index (Phi) is 6.41. The monoisotopic (exact) mass is 348 g/mol. The third-order valence-electron chi connectivity index (χ3n) is 3.81. The molecule has 2 rings (SSSR count). The van der Waals surface area contributed by atoms with E-state index in [4.69, 9.17) is 14.2 Å². The molecule has 7 heteroatoms. The van der Waals surface area contributed by atoms with E-state index in [1.54, 1.807) is 26.3 Å². The average molecular weight is 348 g/mol. The van der Waals surface area contributed by atoms with E-state index in [2.05, 4.69) is 4.90 Å². The van der Waals surface area contributed by atoms with E-state index in [1.807, 2.05) is 26.2 Å². The van der Waals surface area contributed by atoms with Crippen molar-refractivity contribution in [2.45, 2.75) is 19.8 Å². The summed E-state index contributed by atoms with van der Waals surface area (Å²) in [5.74, 6) is 0.308.